The molecule has 0 saturated heterocycles. The standard InChI is InChI=1S/C22H25ClN6O3/c1-31-16-5-3-14(4-6-16)11-25-8-7-15-9-19(32-2)18(10-17(15)23)28-22(30)29-21-13-26-20(24)12-27-21/h3-6,9-10,12-13,25H,7-8,11H2,1-2H3,(H2,24,26)(H2,27,28,29,30). The smallest absolute Gasteiger partial charge is 0.325 e. The van der Waals surface area contributed by atoms with Gasteiger partial charge in [-0.1, -0.05) is 23.7 Å². The third kappa shape index (κ3) is 6.47. The molecule has 9 nitrogen and oxygen atoms in total. The fourth-order valence-corrected chi connectivity index (χ4v) is 3.18. The maximum atomic E-state index is 12.3. The van der Waals surface area contributed by atoms with Gasteiger partial charge in [0.05, 0.1) is 32.3 Å². The summed E-state index contributed by atoms with van der Waals surface area (Å²) >= 11 is 6.44. The summed E-state index contributed by atoms with van der Waals surface area (Å²) < 4.78 is 10.6. The molecular weight excluding hydrogens is 432 g/mol. The Morgan fingerprint density at radius 3 is 2.50 bits per heavy atom. The topological polar surface area (TPSA) is 123 Å². The first-order valence-corrected chi connectivity index (χ1v) is 10.2. The lowest BCUT2D eigenvalue weighted by molar-refractivity contribution is 0.262. The Bertz CT molecular complexity index is 1040. The second-order valence-corrected chi connectivity index (χ2v) is 7.23. The molecule has 2 amide bonds. The molecule has 0 fully saturated rings. The number of rotatable bonds is 9. The Kier molecular flexibility index (Phi) is 8.07. The van der Waals surface area contributed by atoms with Gasteiger partial charge in [-0.3, -0.25) is 5.32 Å². The number of hydrogen-bond acceptors (Lipinski definition) is 7. The van der Waals surface area contributed by atoms with Gasteiger partial charge in [-0.2, -0.15) is 0 Å². The van der Waals surface area contributed by atoms with E-state index in [1.807, 2.05) is 30.3 Å². The second-order valence-electron chi connectivity index (χ2n) is 6.82. The zero-order valence-corrected chi connectivity index (χ0v) is 18.6. The quantitative estimate of drug-likeness (QED) is 0.362. The number of halogens is 1. The molecule has 1 aromatic heterocycles. The average Bonchev–Trinajstić information content (AvgIpc) is 2.79. The molecule has 3 rings (SSSR count). The van der Waals surface area contributed by atoms with Crippen LogP contribution in [0.25, 0.3) is 0 Å². The van der Waals surface area contributed by atoms with Gasteiger partial charge in [0.25, 0.3) is 0 Å². The monoisotopic (exact) mass is 456 g/mol. The number of benzene rings is 2. The molecule has 1 heterocycles. The predicted molar refractivity (Wildman–Crippen MR) is 125 cm³/mol. The lowest BCUT2D eigenvalue weighted by atomic mass is 10.1. The molecule has 5 N–H and O–H groups in total. The van der Waals surface area contributed by atoms with Crippen molar-refractivity contribution in [3.05, 3.63) is 64.9 Å². The molecule has 0 atom stereocenters. The zero-order valence-electron chi connectivity index (χ0n) is 17.8. The van der Waals surface area contributed by atoms with Crippen LogP contribution >= 0.6 is 11.6 Å². The lowest BCUT2D eigenvalue weighted by Gasteiger charge is -2.14. The normalized spacial score (nSPS) is 10.5. The van der Waals surface area contributed by atoms with Crippen molar-refractivity contribution in [2.45, 2.75) is 13.0 Å². The van der Waals surface area contributed by atoms with E-state index in [-0.39, 0.29) is 11.6 Å². The molecule has 2 aromatic carbocycles. The SMILES string of the molecule is COc1ccc(CNCCc2cc(OC)c(NC(=O)Nc3cnc(N)cn3)cc2Cl)cc1. The molecule has 0 aliphatic carbocycles. The molecular formula is C22H25ClN6O3. The van der Waals surface area contributed by atoms with Crippen molar-refractivity contribution in [1.29, 1.82) is 0 Å². The number of nitrogen functional groups attached to an aromatic ring is 1. The van der Waals surface area contributed by atoms with Crippen LogP contribution in [0.15, 0.2) is 48.8 Å². The number of nitrogens with one attached hydrogen (secondary N) is 3. The Hall–Kier alpha value is -3.56. The number of nitrogens with zero attached hydrogens (tertiary/aromatic N) is 2. The van der Waals surface area contributed by atoms with E-state index in [0.717, 1.165) is 30.0 Å². The number of aromatic nitrogens is 2. The van der Waals surface area contributed by atoms with Crippen LogP contribution in [0.5, 0.6) is 11.5 Å². The van der Waals surface area contributed by atoms with Crippen LogP contribution in [-0.2, 0) is 13.0 Å². The van der Waals surface area contributed by atoms with Crippen molar-refractivity contribution in [2.75, 3.05) is 37.1 Å². The predicted octanol–water partition coefficient (Wildman–Crippen LogP) is 3.71. The number of methoxy groups -OCH3 is 2. The largest absolute Gasteiger partial charge is 0.497 e. The van der Waals surface area contributed by atoms with Gasteiger partial charge in [0.1, 0.15) is 17.3 Å². The summed E-state index contributed by atoms with van der Waals surface area (Å²) in [5, 5.41) is 9.19. The molecule has 0 bridgehead atoms. The summed E-state index contributed by atoms with van der Waals surface area (Å²) in [5.41, 5.74) is 7.99. The Balaban J connectivity index is 1.56. The molecule has 0 spiro atoms. The average molecular weight is 457 g/mol. The van der Waals surface area contributed by atoms with Crippen molar-refractivity contribution in [1.82, 2.24) is 15.3 Å². The van der Waals surface area contributed by atoms with Gasteiger partial charge in [0, 0.05) is 11.6 Å². The molecule has 0 unspecified atom stereocenters. The van der Waals surface area contributed by atoms with Gasteiger partial charge in [-0.25, -0.2) is 14.8 Å². The van der Waals surface area contributed by atoms with Crippen molar-refractivity contribution in [2.24, 2.45) is 0 Å². The van der Waals surface area contributed by atoms with E-state index in [0.29, 0.717) is 22.9 Å². The summed E-state index contributed by atoms with van der Waals surface area (Å²) in [5.74, 6) is 1.86. The van der Waals surface area contributed by atoms with Gasteiger partial charge >= 0.3 is 6.03 Å². The van der Waals surface area contributed by atoms with E-state index in [1.165, 1.54) is 19.5 Å². The Morgan fingerprint density at radius 2 is 1.84 bits per heavy atom. The Labute approximate surface area is 191 Å². The highest BCUT2D eigenvalue weighted by Gasteiger charge is 2.13. The highest BCUT2D eigenvalue weighted by Crippen LogP contribution is 2.31. The van der Waals surface area contributed by atoms with Crippen molar-refractivity contribution < 1.29 is 14.3 Å². The molecule has 32 heavy (non-hydrogen) atoms. The minimum absolute atomic E-state index is 0.262. The summed E-state index contributed by atoms with van der Waals surface area (Å²) in [7, 11) is 3.18. The first-order chi connectivity index (χ1) is 15.5. The highest BCUT2D eigenvalue weighted by molar-refractivity contribution is 6.31. The van der Waals surface area contributed by atoms with Gasteiger partial charge in [-0.15, -0.1) is 0 Å². The van der Waals surface area contributed by atoms with Crippen molar-refractivity contribution in [3.8, 4) is 11.5 Å². The van der Waals surface area contributed by atoms with Crippen LogP contribution in [0.1, 0.15) is 11.1 Å². The minimum atomic E-state index is -0.507. The number of anilines is 3. The number of amides is 2. The van der Waals surface area contributed by atoms with Gasteiger partial charge in [0.15, 0.2) is 5.82 Å². The number of carbonyl (C=O) groups is 1. The third-order valence-electron chi connectivity index (χ3n) is 4.59. The van der Waals surface area contributed by atoms with Gasteiger partial charge < -0.3 is 25.8 Å². The van der Waals surface area contributed by atoms with Crippen LogP contribution in [0, 0.1) is 0 Å². The molecule has 0 radical (unpaired) electrons. The van der Waals surface area contributed by atoms with Gasteiger partial charge in [-0.05, 0) is 48.4 Å². The summed E-state index contributed by atoms with van der Waals surface area (Å²) in [6.07, 6.45) is 3.41. The van der Waals surface area contributed by atoms with E-state index >= 15 is 0 Å². The van der Waals surface area contributed by atoms with Crippen LogP contribution in [0.2, 0.25) is 5.02 Å². The maximum Gasteiger partial charge on any atom is 0.325 e. The summed E-state index contributed by atoms with van der Waals surface area (Å²) in [4.78, 5) is 20.1. The molecule has 0 saturated carbocycles. The molecule has 0 aliphatic heterocycles. The van der Waals surface area contributed by atoms with Crippen LogP contribution in [-0.4, -0.2) is 36.8 Å². The Morgan fingerprint density at radius 1 is 1.06 bits per heavy atom. The summed E-state index contributed by atoms with van der Waals surface area (Å²) in [6, 6.07) is 10.9. The fourth-order valence-electron chi connectivity index (χ4n) is 2.93. The first-order valence-electron chi connectivity index (χ1n) is 9.84. The molecule has 3 aromatic rings. The molecule has 168 valence electrons. The van der Waals surface area contributed by atoms with Crippen LogP contribution in [0.4, 0.5) is 22.1 Å². The molecule has 0 aliphatic rings. The van der Waals surface area contributed by atoms with Crippen molar-refractivity contribution >= 4 is 35.0 Å². The fraction of sp³-hybridized carbons (Fsp3) is 0.227. The van der Waals surface area contributed by atoms with E-state index in [4.69, 9.17) is 26.8 Å². The van der Waals surface area contributed by atoms with Gasteiger partial charge in [0.2, 0.25) is 0 Å². The van der Waals surface area contributed by atoms with Crippen LogP contribution < -0.4 is 31.2 Å². The minimum Gasteiger partial charge on any atom is -0.497 e. The lowest BCUT2D eigenvalue weighted by Crippen LogP contribution is -2.21. The summed E-state index contributed by atoms with van der Waals surface area (Å²) in [6.45, 7) is 1.45. The number of carbonyl (C=O) groups excluding carboxylic acids is 1. The van der Waals surface area contributed by atoms with E-state index in [2.05, 4.69) is 25.9 Å². The second kappa shape index (κ2) is 11.2. The van der Waals surface area contributed by atoms with E-state index in [1.54, 1.807) is 13.2 Å². The van der Waals surface area contributed by atoms with Crippen LogP contribution in [0.3, 0.4) is 0 Å². The third-order valence-corrected chi connectivity index (χ3v) is 4.94. The number of ether oxygens (including phenoxy) is 2. The van der Waals surface area contributed by atoms with Crippen molar-refractivity contribution in [3.63, 3.8) is 0 Å². The molecule has 10 heteroatoms. The number of urea groups is 1. The maximum absolute atomic E-state index is 12.3. The van der Waals surface area contributed by atoms with E-state index in [9.17, 15) is 4.79 Å². The number of hydrogen-bond donors (Lipinski definition) is 4. The van der Waals surface area contributed by atoms with E-state index < -0.39 is 6.03 Å². The number of nitrogens with two attached hydrogens (primary N) is 1. The zero-order chi connectivity index (χ0) is 22.9. The highest BCUT2D eigenvalue weighted by atomic mass is 35.5. The first kappa shape index (κ1) is 23.1.